The standard InChI is InChI=1S/C13H14N2O2/c1-8-6-9(2)13(10(3)7-8)14-15-11(16)4-5-12(15)17/h4-7,14H,1-3H3. The van der Waals surface area contributed by atoms with Gasteiger partial charge in [-0.1, -0.05) is 17.7 Å². The predicted octanol–water partition coefficient (Wildman–Crippen LogP) is 1.86. The molecular weight excluding hydrogens is 216 g/mol. The van der Waals surface area contributed by atoms with Crippen LogP contribution in [0.5, 0.6) is 0 Å². The predicted molar refractivity (Wildman–Crippen MR) is 65.3 cm³/mol. The summed E-state index contributed by atoms with van der Waals surface area (Å²) < 4.78 is 0. The van der Waals surface area contributed by atoms with Gasteiger partial charge in [-0.15, -0.1) is 0 Å². The number of nitrogens with zero attached hydrogens (tertiary/aromatic N) is 1. The van der Waals surface area contributed by atoms with Crippen LogP contribution in [0.25, 0.3) is 0 Å². The number of benzene rings is 1. The number of hydrogen-bond donors (Lipinski definition) is 1. The van der Waals surface area contributed by atoms with Gasteiger partial charge in [-0.2, -0.15) is 5.01 Å². The van der Waals surface area contributed by atoms with Gasteiger partial charge in [0.15, 0.2) is 0 Å². The van der Waals surface area contributed by atoms with Crippen LogP contribution in [0.2, 0.25) is 0 Å². The van der Waals surface area contributed by atoms with Crippen molar-refractivity contribution in [2.45, 2.75) is 20.8 Å². The van der Waals surface area contributed by atoms with Crippen LogP contribution >= 0.6 is 0 Å². The molecule has 1 heterocycles. The van der Waals surface area contributed by atoms with Crippen molar-refractivity contribution in [3.05, 3.63) is 41.0 Å². The number of carbonyl (C=O) groups excluding carboxylic acids is 2. The molecule has 0 unspecified atom stereocenters. The Morgan fingerprint density at radius 1 is 0.941 bits per heavy atom. The number of hydrogen-bond acceptors (Lipinski definition) is 3. The van der Waals surface area contributed by atoms with Gasteiger partial charge in [-0.3, -0.25) is 15.0 Å². The molecule has 0 aromatic heterocycles. The Hall–Kier alpha value is -2.10. The lowest BCUT2D eigenvalue weighted by atomic mass is 10.1. The number of carbonyl (C=O) groups is 2. The summed E-state index contributed by atoms with van der Waals surface area (Å²) in [6, 6.07) is 4.02. The molecule has 1 aliphatic rings. The zero-order chi connectivity index (χ0) is 12.6. The SMILES string of the molecule is Cc1cc(C)c(NN2C(=O)C=CC2=O)c(C)c1. The third-order valence-electron chi connectivity index (χ3n) is 2.71. The van der Waals surface area contributed by atoms with E-state index in [0.717, 1.165) is 27.4 Å². The van der Waals surface area contributed by atoms with Gasteiger partial charge in [0.25, 0.3) is 11.8 Å². The number of nitrogens with one attached hydrogen (secondary N) is 1. The minimum absolute atomic E-state index is 0.339. The molecular formula is C13H14N2O2. The fourth-order valence-corrected chi connectivity index (χ4v) is 1.98. The molecule has 0 fully saturated rings. The van der Waals surface area contributed by atoms with Crippen molar-refractivity contribution in [3.63, 3.8) is 0 Å². The summed E-state index contributed by atoms with van der Waals surface area (Å²) >= 11 is 0. The molecule has 0 radical (unpaired) electrons. The maximum atomic E-state index is 11.4. The van der Waals surface area contributed by atoms with E-state index < -0.39 is 0 Å². The molecule has 4 nitrogen and oxygen atoms in total. The van der Waals surface area contributed by atoms with E-state index >= 15 is 0 Å². The van der Waals surface area contributed by atoms with E-state index in [0.29, 0.717) is 0 Å². The molecule has 0 spiro atoms. The number of hydrazine groups is 1. The lowest BCUT2D eigenvalue weighted by Gasteiger charge is -2.20. The molecule has 17 heavy (non-hydrogen) atoms. The zero-order valence-corrected chi connectivity index (χ0v) is 10.1. The van der Waals surface area contributed by atoms with Crippen LogP contribution < -0.4 is 5.43 Å². The largest absolute Gasteiger partial charge is 0.288 e. The molecule has 0 saturated carbocycles. The minimum atomic E-state index is -0.339. The Morgan fingerprint density at radius 2 is 1.41 bits per heavy atom. The molecule has 1 N–H and O–H groups in total. The van der Waals surface area contributed by atoms with E-state index in [1.54, 1.807) is 0 Å². The second-order valence-corrected chi connectivity index (χ2v) is 4.23. The monoisotopic (exact) mass is 230 g/mol. The van der Waals surface area contributed by atoms with Crippen LogP contribution in [0.15, 0.2) is 24.3 Å². The number of imide groups is 1. The summed E-state index contributed by atoms with van der Waals surface area (Å²) in [7, 11) is 0. The van der Waals surface area contributed by atoms with Crippen LogP contribution in [-0.2, 0) is 9.59 Å². The fourth-order valence-electron chi connectivity index (χ4n) is 1.98. The molecule has 2 rings (SSSR count). The van der Waals surface area contributed by atoms with Crippen molar-refractivity contribution in [1.29, 1.82) is 0 Å². The van der Waals surface area contributed by atoms with Crippen LogP contribution in [-0.4, -0.2) is 16.8 Å². The average Bonchev–Trinajstić information content (AvgIpc) is 2.53. The van der Waals surface area contributed by atoms with Gasteiger partial charge >= 0.3 is 0 Å². The summed E-state index contributed by atoms with van der Waals surface area (Å²) in [4.78, 5) is 22.9. The lowest BCUT2D eigenvalue weighted by Crippen LogP contribution is -2.36. The van der Waals surface area contributed by atoms with Crippen molar-refractivity contribution < 1.29 is 9.59 Å². The summed E-state index contributed by atoms with van der Waals surface area (Å²) in [5.41, 5.74) is 6.86. The van der Waals surface area contributed by atoms with Crippen LogP contribution in [0.4, 0.5) is 5.69 Å². The smallest absolute Gasteiger partial charge is 0.272 e. The molecule has 1 aromatic carbocycles. The van der Waals surface area contributed by atoms with Gasteiger partial charge in [-0.25, -0.2) is 0 Å². The molecule has 88 valence electrons. The maximum Gasteiger partial charge on any atom is 0.272 e. The van der Waals surface area contributed by atoms with E-state index in [2.05, 4.69) is 5.43 Å². The normalized spacial score (nSPS) is 14.6. The molecule has 0 atom stereocenters. The van der Waals surface area contributed by atoms with E-state index in [-0.39, 0.29) is 11.8 Å². The first-order valence-electron chi connectivity index (χ1n) is 5.39. The summed E-state index contributed by atoms with van der Waals surface area (Å²) in [6.07, 6.45) is 2.52. The van der Waals surface area contributed by atoms with Crippen molar-refractivity contribution in [3.8, 4) is 0 Å². The van der Waals surface area contributed by atoms with Crippen molar-refractivity contribution >= 4 is 17.5 Å². The Bertz CT molecular complexity index is 491. The third kappa shape index (κ3) is 2.06. The molecule has 1 aromatic rings. The van der Waals surface area contributed by atoms with Gasteiger partial charge in [0, 0.05) is 12.2 Å². The summed E-state index contributed by atoms with van der Waals surface area (Å²) in [6.45, 7) is 5.90. The zero-order valence-electron chi connectivity index (χ0n) is 10.1. The van der Waals surface area contributed by atoms with Crippen molar-refractivity contribution in [2.75, 3.05) is 5.43 Å². The minimum Gasteiger partial charge on any atom is -0.288 e. The first-order valence-corrected chi connectivity index (χ1v) is 5.39. The summed E-state index contributed by atoms with van der Waals surface area (Å²) in [5, 5.41) is 1.02. The highest BCUT2D eigenvalue weighted by Gasteiger charge is 2.24. The van der Waals surface area contributed by atoms with Crippen molar-refractivity contribution in [2.24, 2.45) is 0 Å². The van der Waals surface area contributed by atoms with Gasteiger partial charge in [-0.05, 0) is 31.9 Å². The molecule has 0 bridgehead atoms. The van der Waals surface area contributed by atoms with E-state index in [4.69, 9.17) is 0 Å². The van der Waals surface area contributed by atoms with Crippen molar-refractivity contribution in [1.82, 2.24) is 5.01 Å². The first-order chi connectivity index (χ1) is 7.99. The topological polar surface area (TPSA) is 49.4 Å². The van der Waals surface area contributed by atoms with Gasteiger partial charge in [0.2, 0.25) is 0 Å². The van der Waals surface area contributed by atoms with Crippen LogP contribution in [0, 0.1) is 20.8 Å². The van der Waals surface area contributed by atoms with Crippen LogP contribution in [0.3, 0.4) is 0 Å². The molecule has 0 aliphatic carbocycles. The number of anilines is 1. The Labute approximate surface area is 99.9 Å². The second kappa shape index (κ2) is 4.05. The lowest BCUT2D eigenvalue weighted by molar-refractivity contribution is -0.135. The Morgan fingerprint density at radius 3 is 1.88 bits per heavy atom. The van der Waals surface area contributed by atoms with Crippen LogP contribution in [0.1, 0.15) is 16.7 Å². The molecule has 4 heteroatoms. The molecule has 1 aliphatic heterocycles. The Balaban J connectivity index is 2.31. The quantitative estimate of drug-likeness (QED) is 0.789. The van der Waals surface area contributed by atoms with Gasteiger partial charge in [0.05, 0.1) is 5.69 Å². The highest BCUT2D eigenvalue weighted by atomic mass is 16.2. The summed E-state index contributed by atoms with van der Waals surface area (Å²) in [5.74, 6) is -0.677. The first kappa shape index (κ1) is 11.4. The van der Waals surface area contributed by atoms with E-state index in [1.165, 1.54) is 12.2 Å². The van der Waals surface area contributed by atoms with E-state index in [1.807, 2.05) is 32.9 Å². The Kier molecular flexibility index (Phi) is 2.71. The number of rotatable bonds is 2. The van der Waals surface area contributed by atoms with Gasteiger partial charge in [0.1, 0.15) is 0 Å². The number of aryl methyl sites for hydroxylation is 3. The maximum absolute atomic E-state index is 11.4. The van der Waals surface area contributed by atoms with E-state index in [9.17, 15) is 9.59 Å². The average molecular weight is 230 g/mol. The third-order valence-corrected chi connectivity index (χ3v) is 2.71. The highest BCUT2D eigenvalue weighted by Crippen LogP contribution is 2.23. The fraction of sp³-hybridized carbons (Fsp3) is 0.231. The molecule has 2 amide bonds. The number of amides is 2. The van der Waals surface area contributed by atoms with Gasteiger partial charge < -0.3 is 0 Å². The molecule has 0 saturated heterocycles. The highest BCUT2D eigenvalue weighted by molar-refractivity contribution is 6.13. The second-order valence-electron chi connectivity index (χ2n) is 4.23.